The van der Waals surface area contributed by atoms with E-state index in [4.69, 9.17) is 18.9 Å². The molecule has 4 aromatic rings. The van der Waals surface area contributed by atoms with Crippen molar-refractivity contribution in [3.05, 3.63) is 120 Å². The van der Waals surface area contributed by atoms with Crippen molar-refractivity contribution in [1.29, 1.82) is 0 Å². The Kier molecular flexibility index (Phi) is 7.28. The summed E-state index contributed by atoms with van der Waals surface area (Å²) in [5, 5.41) is 0. The second-order valence-electron chi connectivity index (χ2n) is 6.74. The first kappa shape index (κ1) is 20.9. The Morgan fingerprint density at radius 1 is 0.375 bits per heavy atom. The van der Waals surface area contributed by atoms with Crippen LogP contribution in [-0.2, 0) is 0 Å². The van der Waals surface area contributed by atoms with E-state index in [1.165, 1.54) is 0 Å². The number of benzene rings is 4. The predicted octanol–water partition coefficient (Wildman–Crippen LogP) is 5.92. The summed E-state index contributed by atoms with van der Waals surface area (Å²) in [5.74, 6) is 9.14. The number of hydrogen-bond acceptors (Lipinski definition) is 4. The summed E-state index contributed by atoms with van der Waals surface area (Å²) in [6.45, 7) is 0.241. The van der Waals surface area contributed by atoms with Crippen LogP contribution in [0, 0.1) is 11.8 Å². The van der Waals surface area contributed by atoms with Crippen LogP contribution in [0.25, 0.3) is 0 Å². The first-order chi connectivity index (χ1) is 15.8. The van der Waals surface area contributed by atoms with E-state index in [-0.39, 0.29) is 13.6 Å². The Morgan fingerprint density at radius 2 is 0.719 bits per heavy atom. The average Bonchev–Trinajstić information content (AvgIpc) is 2.86. The van der Waals surface area contributed by atoms with Crippen LogP contribution in [0.3, 0.4) is 0 Å². The van der Waals surface area contributed by atoms with E-state index in [0.29, 0.717) is 17.2 Å². The smallest absolute Gasteiger partial charge is 0.230 e. The van der Waals surface area contributed by atoms with Crippen LogP contribution in [-0.4, -0.2) is 13.6 Å². The molecule has 0 aliphatic rings. The molecule has 0 aliphatic carbocycles. The number of ether oxygens (including phenoxy) is 4. The van der Waals surface area contributed by atoms with Gasteiger partial charge in [-0.3, -0.25) is 0 Å². The molecule has 4 nitrogen and oxygen atoms in total. The van der Waals surface area contributed by atoms with Crippen LogP contribution in [0.5, 0.6) is 23.0 Å². The lowest BCUT2D eigenvalue weighted by Crippen LogP contribution is -2.06. The van der Waals surface area contributed by atoms with Crippen LogP contribution in [0.15, 0.2) is 109 Å². The van der Waals surface area contributed by atoms with Gasteiger partial charge in [0.15, 0.2) is 0 Å². The van der Waals surface area contributed by atoms with Gasteiger partial charge in [0.1, 0.15) is 23.0 Å². The SMILES string of the molecule is C(#Cc1ccc(OCOc2ccc(OCOc3ccccc3)cc2)cc1)c1ccccc1. The lowest BCUT2D eigenvalue weighted by Gasteiger charge is -2.10. The molecule has 0 amide bonds. The van der Waals surface area contributed by atoms with E-state index >= 15 is 0 Å². The van der Waals surface area contributed by atoms with E-state index in [0.717, 1.165) is 16.9 Å². The van der Waals surface area contributed by atoms with Crippen LogP contribution < -0.4 is 18.9 Å². The van der Waals surface area contributed by atoms with Gasteiger partial charge in [0, 0.05) is 11.1 Å². The molecule has 4 rings (SSSR count). The standard InChI is InChI=1S/C28H22O4/c1-3-7-23(8-4-1)11-12-24-13-15-26(16-14-24)30-22-32-28-19-17-27(18-20-28)31-21-29-25-9-5-2-6-10-25/h1-10,13-20H,21-22H2. The molecule has 32 heavy (non-hydrogen) atoms. The van der Waals surface area contributed by atoms with E-state index in [2.05, 4.69) is 11.8 Å². The molecular weight excluding hydrogens is 400 g/mol. The van der Waals surface area contributed by atoms with E-state index in [9.17, 15) is 0 Å². The third kappa shape index (κ3) is 6.58. The lowest BCUT2D eigenvalue weighted by molar-refractivity contribution is 0.116. The van der Waals surface area contributed by atoms with Crippen LogP contribution >= 0.6 is 0 Å². The highest BCUT2D eigenvalue weighted by molar-refractivity contribution is 5.44. The Bertz CT molecular complexity index is 1140. The Morgan fingerprint density at radius 3 is 1.19 bits per heavy atom. The molecule has 0 N–H and O–H groups in total. The van der Waals surface area contributed by atoms with Gasteiger partial charge in [0.2, 0.25) is 13.6 Å². The third-order valence-electron chi connectivity index (χ3n) is 4.45. The van der Waals surface area contributed by atoms with Crippen LogP contribution in [0.2, 0.25) is 0 Å². The molecular formula is C28H22O4. The molecule has 0 fully saturated rings. The quantitative estimate of drug-likeness (QED) is 0.261. The molecule has 0 spiro atoms. The number of hydrogen-bond donors (Lipinski definition) is 0. The second kappa shape index (κ2) is 11.1. The van der Waals surface area contributed by atoms with E-state index in [1.54, 1.807) is 0 Å². The van der Waals surface area contributed by atoms with Gasteiger partial charge in [-0.05, 0) is 72.8 Å². The maximum Gasteiger partial charge on any atom is 0.230 e. The molecule has 0 aromatic heterocycles. The fraction of sp³-hybridized carbons (Fsp3) is 0.0714. The molecule has 0 saturated heterocycles. The van der Waals surface area contributed by atoms with Crippen molar-refractivity contribution in [2.75, 3.05) is 13.6 Å². The summed E-state index contributed by atoms with van der Waals surface area (Å²) >= 11 is 0. The molecule has 0 saturated carbocycles. The molecule has 0 unspecified atom stereocenters. The fourth-order valence-corrected chi connectivity index (χ4v) is 2.78. The molecule has 0 aliphatic heterocycles. The first-order valence-electron chi connectivity index (χ1n) is 10.2. The van der Waals surface area contributed by atoms with Gasteiger partial charge < -0.3 is 18.9 Å². The summed E-state index contributed by atoms with van der Waals surface area (Å²) in [7, 11) is 0. The highest BCUT2D eigenvalue weighted by Crippen LogP contribution is 2.19. The van der Waals surface area contributed by atoms with Crippen molar-refractivity contribution in [2.24, 2.45) is 0 Å². The third-order valence-corrected chi connectivity index (χ3v) is 4.45. The van der Waals surface area contributed by atoms with E-state index < -0.39 is 0 Å². The molecule has 0 atom stereocenters. The topological polar surface area (TPSA) is 36.9 Å². The maximum atomic E-state index is 5.65. The first-order valence-corrected chi connectivity index (χ1v) is 10.2. The Labute approximate surface area is 188 Å². The summed E-state index contributed by atoms with van der Waals surface area (Å²) in [5.41, 5.74) is 1.91. The van der Waals surface area contributed by atoms with Crippen molar-refractivity contribution in [1.82, 2.24) is 0 Å². The Balaban J connectivity index is 1.19. The summed E-state index contributed by atoms with van der Waals surface area (Å²) in [4.78, 5) is 0. The van der Waals surface area contributed by atoms with Gasteiger partial charge in [-0.15, -0.1) is 0 Å². The molecule has 4 aromatic carbocycles. The van der Waals surface area contributed by atoms with Crippen molar-refractivity contribution < 1.29 is 18.9 Å². The van der Waals surface area contributed by atoms with Crippen molar-refractivity contribution >= 4 is 0 Å². The minimum Gasteiger partial charge on any atom is -0.458 e. The van der Waals surface area contributed by atoms with Crippen molar-refractivity contribution in [3.8, 4) is 34.8 Å². The van der Waals surface area contributed by atoms with Gasteiger partial charge in [-0.2, -0.15) is 0 Å². The number of para-hydroxylation sites is 1. The zero-order chi connectivity index (χ0) is 21.8. The molecule has 4 heteroatoms. The van der Waals surface area contributed by atoms with Crippen molar-refractivity contribution in [3.63, 3.8) is 0 Å². The largest absolute Gasteiger partial charge is 0.458 e. The highest BCUT2D eigenvalue weighted by Gasteiger charge is 1.99. The fourth-order valence-electron chi connectivity index (χ4n) is 2.78. The average molecular weight is 422 g/mol. The lowest BCUT2D eigenvalue weighted by atomic mass is 10.2. The molecule has 0 radical (unpaired) electrons. The normalized spacial score (nSPS) is 9.88. The molecule has 158 valence electrons. The van der Waals surface area contributed by atoms with Crippen LogP contribution in [0.1, 0.15) is 11.1 Å². The maximum absolute atomic E-state index is 5.65. The minimum absolute atomic E-state index is 0.104. The van der Waals surface area contributed by atoms with Gasteiger partial charge >= 0.3 is 0 Å². The zero-order valence-electron chi connectivity index (χ0n) is 17.4. The van der Waals surface area contributed by atoms with Gasteiger partial charge in [0.05, 0.1) is 0 Å². The minimum atomic E-state index is 0.104. The zero-order valence-corrected chi connectivity index (χ0v) is 17.4. The van der Waals surface area contributed by atoms with Gasteiger partial charge in [-0.25, -0.2) is 0 Å². The summed E-state index contributed by atoms with van der Waals surface area (Å²) < 4.78 is 22.4. The Hall–Kier alpha value is -4.36. The summed E-state index contributed by atoms with van der Waals surface area (Å²) in [6.07, 6.45) is 0. The van der Waals surface area contributed by atoms with Crippen LogP contribution in [0.4, 0.5) is 0 Å². The van der Waals surface area contributed by atoms with Gasteiger partial charge in [0.25, 0.3) is 0 Å². The predicted molar refractivity (Wildman–Crippen MR) is 124 cm³/mol. The van der Waals surface area contributed by atoms with Crippen molar-refractivity contribution in [2.45, 2.75) is 0 Å². The van der Waals surface area contributed by atoms with Gasteiger partial charge in [-0.1, -0.05) is 48.2 Å². The second-order valence-corrected chi connectivity index (χ2v) is 6.74. The summed E-state index contributed by atoms with van der Waals surface area (Å²) in [6, 6.07) is 34.3. The molecule has 0 heterocycles. The molecule has 0 bridgehead atoms. The number of rotatable bonds is 8. The van der Waals surface area contributed by atoms with E-state index in [1.807, 2.05) is 109 Å². The highest BCUT2D eigenvalue weighted by atomic mass is 16.7. The monoisotopic (exact) mass is 422 g/mol.